The molecule has 0 aliphatic heterocycles. The van der Waals surface area contributed by atoms with E-state index in [1.165, 1.54) is 128 Å². The maximum Gasteiger partial charge on any atom is 0.306 e. The first-order valence-electron chi connectivity index (χ1n) is 31.4. The molecule has 0 rings (SSSR count). The first kappa shape index (κ1) is 71.1. The van der Waals surface area contributed by atoms with Crippen molar-refractivity contribution in [1.29, 1.82) is 0 Å². The smallest absolute Gasteiger partial charge is 0.306 e. The first-order valence-corrected chi connectivity index (χ1v) is 31.4. The summed E-state index contributed by atoms with van der Waals surface area (Å²) < 4.78 is 16.9. The van der Waals surface area contributed by atoms with Crippen LogP contribution in [0.3, 0.4) is 0 Å². The van der Waals surface area contributed by atoms with Gasteiger partial charge in [0.15, 0.2) is 6.10 Å². The fraction of sp³-hybridized carbons (Fsp3) is 0.696. The molecule has 1 unspecified atom stereocenters. The molecule has 75 heavy (non-hydrogen) atoms. The van der Waals surface area contributed by atoms with Crippen LogP contribution in [0.5, 0.6) is 0 Å². The Morgan fingerprint density at radius 2 is 0.520 bits per heavy atom. The molecule has 0 fully saturated rings. The average Bonchev–Trinajstić information content (AvgIpc) is 3.41. The molecule has 0 spiro atoms. The molecule has 6 nitrogen and oxygen atoms in total. The second kappa shape index (κ2) is 62.6. The van der Waals surface area contributed by atoms with Crippen molar-refractivity contribution in [3.63, 3.8) is 0 Å². The van der Waals surface area contributed by atoms with E-state index in [-0.39, 0.29) is 31.1 Å². The number of ether oxygens (including phenoxy) is 3. The minimum absolute atomic E-state index is 0.0893. The number of hydrogen-bond donors (Lipinski definition) is 0. The van der Waals surface area contributed by atoms with Gasteiger partial charge in [-0.1, -0.05) is 252 Å². The van der Waals surface area contributed by atoms with Crippen LogP contribution in [0.4, 0.5) is 0 Å². The fourth-order valence-electron chi connectivity index (χ4n) is 8.53. The second-order valence-electron chi connectivity index (χ2n) is 20.6. The molecule has 0 aromatic carbocycles. The Hall–Kier alpha value is -3.93. The SMILES string of the molecule is CC/C=C\C/C=C\C/C=C\C/C=C\C/C=C\C/C=C\CCCCCCCCC(=O)OCC(COC(=O)CCCCCCC/C=C\CCCCCC)OC(=O)CCCCCCCCCCC/C=C\C/C=C\CCCCC. The van der Waals surface area contributed by atoms with Crippen LogP contribution in [0.25, 0.3) is 0 Å². The standard InChI is InChI=1S/C69H116O6/c1-4-7-10-13-16-19-22-25-27-29-31-32-33-34-35-36-38-39-41-44-47-50-53-56-59-62-68(71)74-65-66(64-73-67(70)61-58-55-52-49-46-43-24-21-18-15-12-9-6-3)75-69(72)63-60-57-54-51-48-45-42-40-37-30-28-26-23-20-17-14-11-8-5-2/h7,10,16-17,19-21,24-28,31-32,34-35,38-39,66H,4-6,8-9,11-15,18,22-23,29-30,33,36-37,40-65H2,1-3H3/b10-7-,19-16-,20-17-,24-21-,27-25-,28-26-,32-31-,35-34-,39-38-. The molecular weight excluding hydrogens is 925 g/mol. The van der Waals surface area contributed by atoms with Gasteiger partial charge in [0.25, 0.3) is 0 Å². The normalized spacial score (nSPS) is 12.8. The molecule has 0 amide bonds. The lowest BCUT2D eigenvalue weighted by Crippen LogP contribution is -2.30. The van der Waals surface area contributed by atoms with Crippen LogP contribution in [-0.2, 0) is 28.6 Å². The Bertz CT molecular complexity index is 1520. The molecule has 0 aromatic rings. The molecule has 0 bridgehead atoms. The lowest BCUT2D eigenvalue weighted by molar-refractivity contribution is -0.167. The minimum atomic E-state index is -0.793. The van der Waals surface area contributed by atoms with Crippen molar-refractivity contribution in [1.82, 2.24) is 0 Å². The molecule has 0 aromatic heterocycles. The summed E-state index contributed by atoms with van der Waals surface area (Å²) in [6.07, 6.45) is 85.1. The van der Waals surface area contributed by atoms with E-state index < -0.39 is 6.10 Å². The maximum atomic E-state index is 12.9. The zero-order valence-corrected chi connectivity index (χ0v) is 49.0. The third-order valence-electron chi connectivity index (χ3n) is 13.2. The van der Waals surface area contributed by atoms with Crippen molar-refractivity contribution in [3.8, 4) is 0 Å². The topological polar surface area (TPSA) is 78.9 Å². The number of rotatable bonds is 56. The highest BCUT2D eigenvalue weighted by molar-refractivity contribution is 5.71. The third-order valence-corrected chi connectivity index (χ3v) is 13.2. The summed E-state index contributed by atoms with van der Waals surface area (Å²) >= 11 is 0. The maximum absolute atomic E-state index is 12.9. The molecule has 0 saturated heterocycles. The Kier molecular flexibility index (Phi) is 59.3. The molecule has 0 aliphatic rings. The highest BCUT2D eigenvalue weighted by atomic mass is 16.6. The van der Waals surface area contributed by atoms with Gasteiger partial charge in [0.05, 0.1) is 0 Å². The molecule has 6 heteroatoms. The minimum Gasteiger partial charge on any atom is -0.462 e. The number of carbonyl (C=O) groups is 3. The summed E-state index contributed by atoms with van der Waals surface area (Å²) in [7, 11) is 0. The molecule has 428 valence electrons. The number of hydrogen-bond acceptors (Lipinski definition) is 6. The van der Waals surface area contributed by atoms with Gasteiger partial charge in [0.2, 0.25) is 0 Å². The summed E-state index contributed by atoms with van der Waals surface area (Å²) in [6, 6.07) is 0. The van der Waals surface area contributed by atoms with Crippen LogP contribution in [0.1, 0.15) is 290 Å². The Morgan fingerprint density at radius 1 is 0.280 bits per heavy atom. The van der Waals surface area contributed by atoms with Gasteiger partial charge in [-0.2, -0.15) is 0 Å². The highest BCUT2D eigenvalue weighted by Crippen LogP contribution is 2.15. The molecular formula is C69H116O6. The lowest BCUT2D eigenvalue weighted by Gasteiger charge is -2.18. The van der Waals surface area contributed by atoms with E-state index in [1.54, 1.807) is 0 Å². The summed E-state index contributed by atoms with van der Waals surface area (Å²) in [5.74, 6) is -0.911. The molecule has 0 radical (unpaired) electrons. The van der Waals surface area contributed by atoms with Crippen molar-refractivity contribution in [2.24, 2.45) is 0 Å². The monoisotopic (exact) mass is 1040 g/mol. The zero-order valence-electron chi connectivity index (χ0n) is 49.0. The largest absolute Gasteiger partial charge is 0.462 e. The number of carbonyl (C=O) groups excluding carboxylic acids is 3. The predicted molar refractivity (Wildman–Crippen MR) is 325 cm³/mol. The molecule has 0 N–H and O–H groups in total. The van der Waals surface area contributed by atoms with Gasteiger partial charge < -0.3 is 14.2 Å². The van der Waals surface area contributed by atoms with Crippen LogP contribution >= 0.6 is 0 Å². The molecule has 0 saturated carbocycles. The van der Waals surface area contributed by atoms with Gasteiger partial charge >= 0.3 is 17.9 Å². The summed E-state index contributed by atoms with van der Waals surface area (Å²) in [4.78, 5) is 38.3. The molecule has 1 atom stereocenters. The molecule has 0 heterocycles. The second-order valence-corrected chi connectivity index (χ2v) is 20.6. The van der Waals surface area contributed by atoms with Crippen molar-refractivity contribution < 1.29 is 28.6 Å². The number of allylic oxidation sites excluding steroid dienone is 18. The van der Waals surface area contributed by atoms with Crippen molar-refractivity contribution in [2.75, 3.05) is 13.2 Å². The predicted octanol–water partition coefficient (Wildman–Crippen LogP) is 21.4. The average molecular weight is 1040 g/mol. The summed E-state index contributed by atoms with van der Waals surface area (Å²) in [5, 5.41) is 0. The first-order chi connectivity index (χ1) is 37.0. The van der Waals surface area contributed by atoms with E-state index in [2.05, 4.69) is 130 Å². The van der Waals surface area contributed by atoms with Crippen LogP contribution < -0.4 is 0 Å². The number of unbranched alkanes of at least 4 members (excludes halogenated alkanes) is 27. The van der Waals surface area contributed by atoms with Gasteiger partial charge in [0, 0.05) is 19.3 Å². The van der Waals surface area contributed by atoms with E-state index in [9.17, 15) is 14.4 Å². The van der Waals surface area contributed by atoms with Crippen LogP contribution in [0.2, 0.25) is 0 Å². The van der Waals surface area contributed by atoms with E-state index >= 15 is 0 Å². The van der Waals surface area contributed by atoms with Crippen molar-refractivity contribution in [2.45, 2.75) is 297 Å². The lowest BCUT2D eigenvalue weighted by atomic mass is 10.1. The fourth-order valence-corrected chi connectivity index (χ4v) is 8.53. The highest BCUT2D eigenvalue weighted by Gasteiger charge is 2.19. The summed E-state index contributed by atoms with van der Waals surface area (Å²) in [6.45, 7) is 6.48. The number of esters is 3. The van der Waals surface area contributed by atoms with Gasteiger partial charge in [-0.15, -0.1) is 0 Å². The quantitative estimate of drug-likeness (QED) is 0.0261. The van der Waals surface area contributed by atoms with E-state index in [1.807, 2.05) is 0 Å². The summed E-state index contributed by atoms with van der Waals surface area (Å²) in [5.41, 5.74) is 0. The Morgan fingerprint density at radius 3 is 0.853 bits per heavy atom. The van der Waals surface area contributed by atoms with Gasteiger partial charge in [-0.25, -0.2) is 0 Å². The van der Waals surface area contributed by atoms with Crippen LogP contribution in [0.15, 0.2) is 109 Å². The van der Waals surface area contributed by atoms with E-state index in [4.69, 9.17) is 14.2 Å². The van der Waals surface area contributed by atoms with Gasteiger partial charge in [-0.05, 0) is 128 Å². The Labute approximate surface area is 463 Å². The van der Waals surface area contributed by atoms with Gasteiger partial charge in [0.1, 0.15) is 13.2 Å². The third kappa shape index (κ3) is 60.8. The molecule has 0 aliphatic carbocycles. The van der Waals surface area contributed by atoms with Crippen molar-refractivity contribution >= 4 is 17.9 Å². The van der Waals surface area contributed by atoms with Crippen LogP contribution in [0, 0.1) is 0 Å². The zero-order chi connectivity index (χ0) is 54.3. The van der Waals surface area contributed by atoms with Crippen molar-refractivity contribution in [3.05, 3.63) is 109 Å². The van der Waals surface area contributed by atoms with Gasteiger partial charge in [-0.3, -0.25) is 14.4 Å². The van der Waals surface area contributed by atoms with Crippen LogP contribution in [-0.4, -0.2) is 37.2 Å². The Balaban J connectivity index is 4.39. The van der Waals surface area contributed by atoms with E-state index in [0.29, 0.717) is 19.3 Å². The van der Waals surface area contributed by atoms with E-state index in [0.717, 1.165) is 122 Å².